The van der Waals surface area contributed by atoms with Crippen molar-refractivity contribution in [2.24, 2.45) is 0 Å². The molecule has 1 heterocycles. The van der Waals surface area contributed by atoms with Crippen molar-refractivity contribution in [1.82, 2.24) is 10.2 Å². The van der Waals surface area contributed by atoms with E-state index in [0.29, 0.717) is 18.7 Å². The second kappa shape index (κ2) is 8.79. The van der Waals surface area contributed by atoms with E-state index in [0.717, 1.165) is 17.7 Å². The molecule has 0 unspecified atom stereocenters. The van der Waals surface area contributed by atoms with Crippen LogP contribution in [0.3, 0.4) is 0 Å². The van der Waals surface area contributed by atoms with Gasteiger partial charge in [0.2, 0.25) is 0 Å². The average molecular weight is 338 g/mol. The number of hydrogen-bond donors (Lipinski definition) is 1. The molecule has 132 valence electrons. The summed E-state index contributed by atoms with van der Waals surface area (Å²) in [7, 11) is 1.65. The second-order valence-corrected chi connectivity index (χ2v) is 6.62. The Kier molecular flexibility index (Phi) is 6.20. The van der Waals surface area contributed by atoms with Crippen LogP contribution in [0.2, 0.25) is 0 Å². The van der Waals surface area contributed by atoms with Gasteiger partial charge in [-0.3, -0.25) is 9.69 Å². The minimum Gasteiger partial charge on any atom is -0.380 e. The van der Waals surface area contributed by atoms with E-state index in [1.807, 2.05) is 24.3 Å². The third-order valence-corrected chi connectivity index (χ3v) is 4.58. The fourth-order valence-electron chi connectivity index (χ4n) is 3.21. The molecule has 2 aromatic carbocycles. The van der Waals surface area contributed by atoms with Gasteiger partial charge in [-0.2, -0.15) is 0 Å². The first-order valence-electron chi connectivity index (χ1n) is 8.91. The van der Waals surface area contributed by atoms with Crippen molar-refractivity contribution >= 4 is 5.91 Å². The molecule has 0 saturated carbocycles. The van der Waals surface area contributed by atoms with Gasteiger partial charge in [0.1, 0.15) is 0 Å². The quantitative estimate of drug-likeness (QED) is 0.842. The van der Waals surface area contributed by atoms with Crippen LogP contribution in [0.1, 0.15) is 39.9 Å². The Morgan fingerprint density at radius 1 is 1.04 bits per heavy atom. The van der Waals surface area contributed by atoms with Gasteiger partial charge >= 0.3 is 0 Å². The molecular formula is C21H26N2O2. The van der Waals surface area contributed by atoms with Crippen LogP contribution in [-0.2, 0) is 24.4 Å². The molecule has 1 aliphatic heterocycles. The molecule has 0 atom stereocenters. The van der Waals surface area contributed by atoms with Crippen molar-refractivity contribution in [3.8, 4) is 0 Å². The number of amides is 1. The fraction of sp³-hybridized carbons (Fsp3) is 0.381. The van der Waals surface area contributed by atoms with Gasteiger partial charge in [0.25, 0.3) is 5.91 Å². The Morgan fingerprint density at radius 2 is 1.76 bits per heavy atom. The van der Waals surface area contributed by atoms with E-state index < -0.39 is 0 Å². The number of nitrogens with zero attached hydrogens (tertiary/aromatic N) is 1. The molecule has 3 rings (SSSR count). The minimum atomic E-state index is -0.0564. The molecule has 0 spiro atoms. The van der Waals surface area contributed by atoms with Gasteiger partial charge < -0.3 is 10.1 Å². The molecule has 4 nitrogen and oxygen atoms in total. The lowest BCUT2D eigenvalue weighted by atomic mass is 10.1. The Labute approximate surface area is 149 Å². The number of likely N-dealkylation sites (tertiary alicyclic amines) is 1. The zero-order chi connectivity index (χ0) is 17.5. The van der Waals surface area contributed by atoms with Crippen LogP contribution < -0.4 is 5.32 Å². The predicted octanol–water partition coefficient (Wildman–Crippen LogP) is 3.36. The largest absolute Gasteiger partial charge is 0.380 e. The minimum absolute atomic E-state index is 0.0564. The Hall–Kier alpha value is -2.17. The SMILES string of the molecule is COCc1cccc(C(=O)NCc2ccc(CN3CCCC3)cc2)c1. The zero-order valence-electron chi connectivity index (χ0n) is 14.8. The van der Waals surface area contributed by atoms with E-state index in [1.165, 1.54) is 31.5 Å². The highest BCUT2D eigenvalue weighted by molar-refractivity contribution is 5.94. The highest BCUT2D eigenvalue weighted by atomic mass is 16.5. The Bertz CT molecular complexity index is 691. The summed E-state index contributed by atoms with van der Waals surface area (Å²) in [6, 6.07) is 16.1. The highest BCUT2D eigenvalue weighted by Gasteiger charge is 2.11. The number of benzene rings is 2. The third kappa shape index (κ3) is 5.15. The van der Waals surface area contributed by atoms with E-state index in [-0.39, 0.29) is 5.91 Å². The molecule has 0 radical (unpaired) electrons. The number of rotatable bonds is 7. The van der Waals surface area contributed by atoms with Crippen molar-refractivity contribution in [3.63, 3.8) is 0 Å². The van der Waals surface area contributed by atoms with E-state index in [4.69, 9.17) is 4.74 Å². The van der Waals surface area contributed by atoms with Crippen LogP contribution in [0.4, 0.5) is 0 Å². The molecule has 1 fully saturated rings. The monoisotopic (exact) mass is 338 g/mol. The van der Waals surface area contributed by atoms with Crippen LogP contribution in [0.5, 0.6) is 0 Å². The summed E-state index contributed by atoms with van der Waals surface area (Å²) < 4.78 is 5.12. The van der Waals surface area contributed by atoms with Crippen LogP contribution >= 0.6 is 0 Å². The molecule has 1 amide bonds. The van der Waals surface area contributed by atoms with Crippen LogP contribution in [-0.4, -0.2) is 31.0 Å². The Balaban J connectivity index is 1.52. The van der Waals surface area contributed by atoms with E-state index >= 15 is 0 Å². The second-order valence-electron chi connectivity index (χ2n) is 6.62. The average Bonchev–Trinajstić information content (AvgIpc) is 3.14. The van der Waals surface area contributed by atoms with Crippen molar-refractivity contribution in [3.05, 3.63) is 70.8 Å². The molecule has 1 N–H and O–H groups in total. The highest BCUT2D eigenvalue weighted by Crippen LogP contribution is 2.13. The maximum atomic E-state index is 12.3. The molecule has 0 bridgehead atoms. The third-order valence-electron chi connectivity index (χ3n) is 4.58. The summed E-state index contributed by atoms with van der Waals surface area (Å²) in [6.07, 6.45) is 2.63. The van der Waals surface area contributed by atoms with Gasteiger partial charge in [0.05, 0.1) is 6.61 Å². The molecule has 4 heteroatoms. The first-order valence-corrected chi connectivity index (χ1v) is 8.91. The molecule has 25 heavy (non-hydrogen) atoms. The van der Waals surface area contributed by atoms with Crippen LogP contribution in [0.25, 0.3) is 0 Å². The van der Waals surface area contributed by atoms with Crippen LogP contribution in [0, 0.1) is 0 Å². The standard InChI is InChI=1S/C21H26N2O2/c1-25-16-19-5-4-6-20(13-19)21(24)22-14-17-7-9-18(10-8-17)15-23-11-2-3-12-23/h4-10,13H,2-3,11-12,14-16H2,1H3,(H,22,24). The number of nitrogens with one attached hydrogen (secondary N) is 1. The predicted molar refractivity (Wildman–Crippen MR) is 99.3 cm³/mol. The summed E-state index contributed by atoms with van der Waals surface area (Å²) >= 11 is 0. The van der Waals surface area contributed by atoms with Gasteiger partial charge in [-0.05, 0) is 54.8 Å². The normalized spacial score (nSPS) is 14.6. The van der Waals surface area contributed by atoms with Crippen molar-refractivity contribution in [1.29, 1.82) is 0 Å². The molecule has 1 aliphatic rings. The maximum Gasteiger partial charge on any atom is 0.251 e. The smallest absolute Gasteiger partial charge is 0.251 e. The van der Waals surface area contributed by atoms with Crippen molar-refractivity contribution < 1.29 is 9.53 Å². The van der Waals surface area contributed by atoms with Crippen molar-refractivity contribution in [2.45, 2.75) is 32.5 Å². The van der Waals surface area contributed by atoms with Crippen molar-refractivity contribution in [2.75, 3.05) is 20.2 Å². The number of methoxy groups -OCH3 is 1. The van der Waals surface area contributed by atoms with Gasteiger partial charge in [0.15, 0.2) is 0 Å². The van der Waals surface area contributed by atoms with Gasteiger partial charge in [-0.25, -0.2) is 0 Å². The van der Waals surface area contributed by atoms with E-state index in [2.05, 4.69) is 34.5 Å². The lowest BCUT2D eigenvalue weighted by molar-refractivity contribution is 0.0950. The first kappa shape index (κ1) is 17.6. The van der Waals surface area contributed by atoms with Gasteiger partial charge in [-0.1, -0.05) is 36.4 Å². The lowest BCUT2D eigenvalue weighted by Gasteiger charge is -2.14. The molecule has 2 aromatic rings. The summed E-state index contributed by atoms with van der Waals surface area (Å²) in [6.45, 7) is 4.50. The number of carbonyl (C=O) groups excluding carboxylic acids is 1. The molecular weight excluding hydrogens is 312 g/mol. The van der Waals surface area contributed by atoms with Gasteiger partial charge in [-0.15, -0.1) is 0 Å². The Morgan fingerprint density at radius 3 is 2.48 bits per heavy atom. The summed E-state index contributed by atoms with van der Waals surface area (Å²) in [4.78, 5) is 14.8. The molecule has 0 aromatic heterocycles. The molecule has 0 aliphatic carbocycles. The number of hydrogen-bond acceptors (Lipinski definition) is 3. The topological polar surface area (TPSA) is 41.6 Å². The van der Waals surface area contributed by atoms with Gasteiger partial charge in [0, 0.05) is 25.8 Å². The first-order chi connectivity index (χ1) is 12.2. The number of carbonyl (C=O) groups is 1. The summed E-state index contributed by atoms with van der Waals surface area (Å²) in [5.74, 6) is -0.0564. The summed E-state index contributed by atoms with van der Waals surface area (Å²) in [5.41, 5.74) is 4.12. The lowest BCUT2D eigenvalue weighted by Crippen LogP contribution is -2.23. The zero-order valence-corrected chi connectivity index (χ0v) is 14.8. The fourth-order valence-corrected chi connectivity index (χ4v) is 3.21. The van der Waals surface area contributed by atoms with E-state index in [9.17, 15) is 4.79 Å². The van der Waals surface area contributed by atoms with E-state index in [1.54, 1.807) is 7.11 Å². The molecule has 1 saturated heterocycles. The number of ether oxygens (including phenoxy) is 1. The maximum absolute atomic E-state index is 12.3. The van der Waals surface area contributed by atoms with Crippen LogP contribution in [0.15, 0.2) is 48.5 Å². The summed E-state index contributed by atoms with van der Waals surface area (Å²) in [5, 5.41) is 2.99.